The number of ether oxygens (including phenoxy) is 2. The number of para-hydroxylation sites is 2. The highest BCUT2D eigenvalue weighted by molar-refractivity contribution is 5.81. The summed E-state index contributed by atoms with van der Waals surface area (Å²) in [7, 11) is 2.16. The summed E-state index contributed by atoms with van der Waals surface area (Å²) in [5.74, 6) is 1.13. The summed E-state index contributed by atoms with van der Waals surface area (Å²) in [5.41, 5.74) is 2.30. The number of likely N-dealkylation sites (N-methyl/N-ethyl adjacent to an activating group) is 1. The lowest BCUT2D eigenvalue weighted by Crippen LogP contribution is -2.44. The minimum absolute atomic E-state index is 0.160. The molecule has 0 radical (unpaired) electrons. The second kappa shape index (κ2) is 7.88. The van der Waals surface area contributed by atoms with Crippen LogP contribution in [0.4, 0.5) is 5.69 Å². The van der Waals surface area contributed by atoms with Gasteiger partial charge in [-0.3, -0.25) is 4.79 Å². The molecule has 4 rings (SSSR count). The molecule has 1 fully saturated rings. The number of amides is 1. The van der Waals surface area contributed by atoms with Crippen molar-refractivity contribution in [1.82, 2.24) is 10.2 Å². The molecular weight excluding hydrogens is 342 g/mol. The predicted octanol–water partition coefficient (Wildman–Crippen LogP) is 1.89. The smallest absolute Gasteiger partial charge is 0.264 e. The fourth-order valence-corrected chi connectivity index (χ4v) is 3.34. The molecule has 1 N–H and O–H groups in total. The molecule has 0 bridgehead atoms. The zero-order valence-electron chi connectivity index (χ0n) is 15.6. The Kier molecular flexibility index (Phi) is 5.16. The lowest BCUT2D eigenvalue weighted by atomic mass is 10.1. The molecule has 2 aromatic carbocycles. The fourth-order valence-electron chi connectivity index (χ4n) is 3.34. The minimum atomic E-state index is -0.621. The van der Waals surface area contributed by atoms with Crippen LogP contribution in [0, 0.1) is 0 Å². The molecule has 2 aliphatic heterocycles. The summed E-state index contributed by atoms with van der Waals surface area (Å²) in [4.78, 5) is 17.1. The molecule has 0 aliphatic carbocycles. The lowest BCUT2D eigenvalue weighted by Gasteiger charge is -2.34. The number of fused-ring (bicyclic) bond motifs is 1. The molecular formula is C21H25N3O3. The van der Waals surface area contributed by atoms with Crippen molar-refractivity contribution in [2.45, 2.75) is 12.6 Å². The molecule has 2 aliphatic rings. The van der Waals surface area contributed by atoms with E-state index in [1.54, 1.807) is 0 Å². The SMILES string of the molecule is CN1CCN(c2ccc(CNC(=O)[C@@H]3COc4ccccc4O3)cc2)CC1. The quantitative estimate of drug-likeness (QED) is 0.895. The Morgan fingerprint density at radius 3 is 2.48 bits per heavy atom. The molecule has 0 saturated carbocycles. The molecule has 142 valence electrons. The monoisotopic (exact) mass is 367 g/mol. The van der Waals surface area contributed by atoms with E-state index in [-0.39, 0.29) is 12.5 Å². The second-order valence-corrected chi connectivity index (χ2v) is 7.04. The van der Waals surface area contributed by atoms with Crippen molar-refractivity contribution in [2.75, 3.05) is 44.7 Å². The van der Waals surface area contributed by atoms with Crippen molar-refractivity contribution < 1.29 is 14.3 Å². The number of benzene rings is 2. The average Bonchev–Trinajstić information content (AvgIpc) is 2.72. The molecule has 0 unspecified atom stereocenters. The van der Waals surface area contributed by atoms with E-state index in [4.69, 9.17) is 9.47 Å². The Hall–Kier alpha value is -2.73. The Bertz CT molecular complexity index is 786. The normalized spacial score (nSPS) is 19.6. The van der Waals surface area contributed by atoms with Crippen LogP contribution in [0.25, 0.3) is 0 Å². The molecule has 27 heavy (non-hydrogen) atoms. The molecule has 2 aromatic rings. The van der Waals surface area contributed by atoms with Crippen molar-refractivity contribution in [3.05, 3.63) is 54.1 Å². The van der Waals surface area contributed by atoms with E-state index in [0.29, 0.717) is 18.0 Å². The van der Waals surface area contributed by atoms with Gasteiger partial charge in [0, 0.05) is 38.4 Å². The van der Waals surface area contributed by atoms with Crippen molar-refractivity contribution in [2.24, 2.45) is 0 Å². The number of carbonyl (C=O) groups is 1. The molecule has 1 saturated heterocycles. The van der Waals surface area contributed by atoms with Crippen LogP contribution < -0.4 is 19.7 Å². The summed E-state index contributed by atoms with van der Waals surface area (Å²) < 4.78 is 11.3. The van der Waals surface area contributed by atoms with E-state index in [1.807, 2.05) is 24.3 Å². The molecule has 6 nitrogen and oxygen atoms in total. The van der Waals surface area contributed by atoms with Crippen LogP contribution in [-0.2, 0) is 11.3 Å². The molecule has 0 spiro atoms. The largest absolute Gasteiger partial charge is 0.485 e. The van der Waals surface area contributed by atoms with E-state index < -0.39 is 6.10 Å². The van der Waals surface area contributed by atoms with E-state index in [2.05, 4.69) is 46.4 Å². The van der Waals surface area contributed by atoms with Gasteiger partial charge in [0.2, 0.25) is 6.10 Å². The van der Waals surface area contributed by atoms with E-state index in [0.717, 1.165) is 31.7 Å². The van der Waals surface area contributed by atoms with Crippen LogP contribution in [0.15, 0.2) is 48.5 Å². The van der Waals surface area contributed by atoms with Crippen LogP contribution in [0.3, 0.4) is 0 Å². The summed E-state index contributed by atoms with van der Waals surface area (Å²) in [6.07, 6.45) is -0.621. The average molecular weight is 367 g/mol. The van der Waals surface area contributed by atoms with Crippen LogP contribution >= 0.6 is 0 Å². The molecule has 0 aromatic heterocycles. The van der Waals surface area contributed by atoms with Gasteiger partial charge in [-0.15, -0.1) is 0 Å². The van der Waals surface area contributed by atoms with Crippen molar-refractivity contribution in [3.63, 3.8) is 0 Å². The summed E-state index contributed by atoms with van der Waals surface area (Å²) in [5, 5.41) is 2.94. The highest BCUT2D eigenvalue weighted by atomic mass is 16.6. The van der Waals surface area contributed by atoms with Crippen molar-refractivity contribution in [3.8, 4) is 11.5 Å². The van der Waals surface area contributed by atoms with Gasteiger partial charge in [-0.25, -0.2) is 0 Å². The molecule has 6 heteroatoms. The zero-order chi connectivity index (χ0) is 18.6. The summed E-state index contributed by atoms with van der Waals surface area (Å²) in [6, 6.07) is 15.8. The summed E-state index contributed by atoms with van der Waals surface area (Å²) >= 11 is 0. The third-order valence-corrected chi connectivity index (χ3v) is 5.07. The van der Waals surface area contributed by atoms with Gasteiger partial charge < -0.3 is 24.6 Å². The number of nitrogens with zero attached hydrogens (tertiary/aromatic N) is 2. The van der Waals surface area contributed by atoms with E-state index in [1.165, 1.54) is 5.69 Å². The van der Waals surface area contributed by atoms with Gasteiger partial charge in [0.15, 0.2) is 11.5 Å². The molecule has 2 heterocycles. The number of hydrogen-bond acceptors (Lipinski definition) is 5. The van der Waals surface area contributed by atoms with Gasteiger partial charge in [-0.1, -0.05) is 24.3 Å². The highest BCUT2D eigenvalue weighted by Crippen LogP contribution is 2.30. The zero-order valence-corrected chi connectivity index (χ0v) is 15.6. The number of anilines is 1. The summed E-state index contributed by atoms with van der Waals surface area (Å²) in [6.45, 7) is 4.98. The first-order chi connectivity index (χ1) is 13.2. The lowest BCUT2D eigenvalue weighted by molar-refractivity contribution is -0.130. The first-order valence-corrected chi connectivity index (χ1v) is 9.38. The topological polar surface area (TPSA) is 54.0 Å². The first kappa shape index (κ1) is 17.7. The number of hydrogen-bond donors (Lipinski definition) is 1. The number of piperazine rings is 1. The Morgan fingerprint density at radius 2 is 1.74 bits per heavy atom. The van der Waals surface area contributed by atoms with E-state index >= 15 is 0 Å². The van der Waals surface area contributed by atoms with Gasteiger partial charge in [0.25, 0.3) is 5.91 Å². The van der Waals surface area contributed by atoms with Gasteiger partial charge in [-0.2, -0.15) is 0 Å². The van der Waals surface area contributed by atoms with Crippen molar-refractivity contribution in [1.29, 1.82) is 0 Å². The van der Waals surface area contributed by atoms with Gasteiger partial charge in [0.1, 0.15) is 6.61 Å². The third-order valence-electron chi connectivity index (χ3n) is 5.07. The van der Waals surface area contributed by atoms with Crippen LogP contribution in [0.5, 0.6) is 11.5 Å². The minimum Gasteiger partial charge on any atom is -0.485 e. The number of nitrogens with one attached hydrogen (secondary N) is 1. The Labute approximate surface area is 159 Å². The molecule has 1 amide bonds. The van der Waals surface area contributed by atoms with Gasteiger partial charge in [-0.05, 0) is 36.9 Å². The fraction of sp³-hybridized carbons (Fsp3) is 0.381. The van der Waals surface area contributed by atoms with Gasteiger partial charge >= 0.3 is 0 Å². The highest BCUT2D eigenvalue weighted by Gasteiger charge is 2.26. The maximum atomic E-state index is 12.4. The predicted molar refractivity (Wildman–Crippen MR) is 104 cm³/mol. The van der Waals surface area contributed by atoms with Crippen molar-refractivity contribution >= 4 is 11.6 Å². The number of rotatable bonds is 4. The van der Waals surface area contributed by atoms with Crippen LogP contribution in [0.1, 0.15) is 5.56 Å². The second-order valence-electron chi connectivity index (χ2n) is 7.04. The Morgan fingerprint density at radius 1 is 1.04 bits per heavy atom. The first-order valence-electron chi connectivity index (χ1n) is 9.38. The van der Waals surface area contributed by atoms with Crippen LogP contribution in [0.2, 0.25) is 0 Å². The van der Waals surface area contributed by atoms with Crippen LogP contribution in [-0.4, -0.2) is 56.7 Å². The maximum Gasteiger partial charge on any atom is 0.264 e. The molecule has 1 atom stereocenters. The van der Waals surface area contributed by atoms with E-state index in [9.17, 15) is 4.79 Å². The van der Waals surface area contributed by atoms with Gasteiger partial charge in [0.05, 0.1) is 0 Å². The maximum absolute atomic E-state index is 12.4. The third kappa shape index (κ3) is 4.17. The Balaban J connectivity index is 1.29. The number of carbonyl (C=O) groups excluding carboxylic acids is 1. The standard InChI is InChI=1S/C21H25N3O3/c1-23-10-12-24(13-11-23)17-8-6-16(7-9-17)14-22-21(25)20-15-26-18-4-2-3-5-19(18)27-20/h2-9,20H,10-15H2,1H3,(H,22,25)/t20-/m0/s1.